The molecule has 1 atom stereocenters. The van der Waals surface area contributed by atoms with Crippen LogP contribution in [0.25, 0.3) is 11.2 Å². The average molecular weight is 299 g/mol. The van der Waals surface area contributed by atoms with E-state index in [-0.39, 0.29) is 0 Å². The Morgan fingerprint density at radius 3 is 2.86 bits per heavy atom. The Morgan fingerprint density at radius 2 is 2.14 bits per heavy atom. The Labute approximate surface area is 131 Å². The van der Waals surface area contributed by atoms with Gasteiger partial charge in [-0.25, -0.2) is 9.50 Å². The summed E-state index contributed by atoms with van der Waals surface area (Å²) in [6.07, 6.45) is 10.6. The molecule has 2 aromatic rings. The van der Waals surface area contributed by atoms with Gasteiger partial charge in [-0.05, 0) is 75.2 Å². The molecule has 4 N–H and O–H groups in total. The minimum absolute atomic E-state index is 0.628. The first-order valence-corrected chi connectivity index (χ1v) is 8.25. The Hall–Kier alpha value is -1.72. The number of hydrogen-bond donors (Lipinski definition) is 2. The lowest BCUT2D eigenvalue weighted by Crippen LogP contribution is -2.16. The van der Waals surface area contributed by atoms with Crippen molar-refractivity contribution >= 4 is 11.2 Å². The molecule has 2 aromatic heterocycles. The summed E-state index contributed by atoms with van der Waals surface area (Å²) < 4.78 is 1.99. The number of aromatic nitrogens is 3. The first-order chi connectivity index (χ1) is 10.8. The number of imidazole rings is 1. The molecule has 0 fully saturated rings. The predicted molar refractivity (Wildman–Crippen MR) is 89.4 cm³/mol. The molecule has 0 bridgehead atoms. The molecule has 1 aliphatic rings. The van der Waals surface area contributed by atoms with E-state index in [9.17, 15) is 0 Å². The van der Waals surface area contributed by atoms with Crippen LogP contribution in [-0.2, 0) is 6.42 Å². The van der Waals surface area contributed by atoms with Crippen molar-refractivity contribution in [2.75, 3.05) is 13.1 Å². The predicted octanol–water partition coefficient (Wildman–Crippen LogP) is 2.15. The Balaban J connectivity index is 1.84. The van der Waals surface area contributed by atoms with E-state index in [1.807, 2.05) is 10.7 Å². The first-order valence-electron chi connectivity index (χ1n) is 8.25. The second kappa shape index (κ2) is 7.03. The van der Waals surface area contributed by atoms with Crippen molar-refractivity contribution in [2.45, 2.75) is 38.5 Å². The van der Waals surface area contributed by atoms with Crippen LogP contribution in [0.1, 0.15) is 43.5 Å². The van der Waals surface area contributed by atoms with Gasteiger partial charge in [-0.2, -0.15) is 5.10 Å². The van der Waals surface area contributed by atoms with Crippen LogP contribution >= 0.6 is 0 Å². The van der Waals surface area contributed by atoms with E-state index in [1.54, 1.807) is 0 Å². The molecule has 0 aromatic carbocycles. The van der Waals surface area contributed by atoms with Crippen molar-refractivity contribution in [3.8, 4) is 0 Å². The highest BCUT2D eigenvalue weighted by atomic mass is 15.3. The monoisotopic (exact) mass is 299 g/mol. The molecule has 5 nitrogen and oxygen atoms in total. The number of unbranched alkanes of at least 4 members (excludes halogenated alkanes) is 1. The molecule has 0 aliphatic heterocycles. The molecule has 2 heterocycles. The molecule has 1 aliphatic carbocycles. The minimum Gasteiger partial charge on any atom is -0.330 e. The lowest BCUT2D eigenvalue weighted by Gasteiger charge is -2.19. The molecule has 0 radical (unpaired) electrons. The highest BCUT2D eigenvalue weighted by Gasteiger charge is 2.17. The second-order valence-corrected chi connectivity index (χ2v) is 6.09. The summed E-state index contributed by atoms with van der Waals surface area (Å²) in [4.78, 5) is 4.49. The normalized spacial score (nSPS) is 18.6. The molecule has 1 unspecified atom stereocenters. The smallest absolute Gasteiger partial charge is 0.154 e. The highest BCUT2D eigenvalue weighted by Crippen LogP contribution is 2.29. The fourth-order valence-electron chi connectivity index (χ4n) is 3.05. The van der Waals surface area contributed by atoms with Gasteiger partial charge in [-0.1, -0.05) is 6.08 Å². The third kappa shape index (κ3) is 3.20. The van der Waals surface area contributed by atoms with E-state index in [0.29, 0.717) is 5.92 Å². The van der Waals surface area contributed by atoms with Crippen molar-refractivity contribution in [1.29, 1.82) is 0 Å². The van der Waals surface area contributed by atoms with Crippen LogP contribution in [0.4, 0.5) is 0 Å². The number of aryl methyl sites for hydroxylation is 1. The van der Waals surface area contributed by atoms with Gasteiger partial charge in [0.05, 0.1) is 17.6 Å². The Morgan fingerprint density at radius 1 is 1.23 bits per heavy atom. The number of fused-ring (bicyclic) bond motifs is 1. The Bertz CT molecular complexity index is 658. The van der Waals surface area contributed by atoms with E-state index >= 15 is 0 Å². The fraction of sp³-hybridized carbons (Fsp3) is 0.529. The topological polar surface area (TPSA) is 82.2 Å². The Kier molecular flexibility index (Phi) is 4.85. The number of rotatable bonds is 6. The van der Waals surface area contributed by atoms with Gasteiger partial charge in [-0.3, -0.25) is 0 Å². The van der Waals surface area contributed by atoms with Crippen molar-refractivity contribution in [3.63, 3.8) is 0 Å². The quantitative estimate of drug-likeness (QED) is 0.801. The third-order valence-electron chi connectivity index (χ3n) is 4.49. The minimum atomic E-state index is 0.628. The number of hydrogen-bond acceptors (Lipinski definition) is 4. The molecule has 3 rings (SSSR count). The maximum Gasteiger partial charge on any atom is 0.154 e. The average Bonchev–Trinajstić information content (AvgIpc) is 2.98. The van der Waals surface area contributed by atoms with Crippen LogP contribution in [0.15, 0.2) is 24.4 Å². The summed E-state index contributed by atoms with van der Waals surface area (Å²) in [5.41, 5.74) is 15.8. The van der Waals surface area contributed by atoms with Crippen molar-refractivity contribution < 1.29 is 0 Å². The van der Waals surface area contributed by atoms with Gasteiger partial charge in [0.15, 0.2) is 5.65 Å². The standard InChI is InChI=1S/C17H25N5/c18-10-2-1-3-15-8-9-17-20-12-16(22(17)21-15)14-6-4-13(11-19)5-7-14/h6,8-9,12-13H,1-5,7,10-11,18-19H2. The van der Waals surface area contributed by atoms with Gasteiger partial charge in [0.2, 0.25) is 0 Å². The maximum absolute atomic E-state index is 5.77. The molecular formula is C17H25N5. The van der Waals surface area contributed by atoms with Crippen LogP contribution < -0.4 is 11.5 Å². The van der Waals surface area contributed by atoms with Crippen LogP contribution in [0, 0.1) is 5.92 Å². The molecule has 0 amide bonds. The van der Waals surface area contributed by atoms with Crippen LogP contribution in [0.2, 0.25) is 0 Å². The highest BCUT2D eigenvalue weighted by molar-refractivity contribution is 5.65. The van der Waals surface area contributed by atoms with Gasteiger partial charge in [0.1, 0.15) is 0 Å². The van der Waals surface area contributed by atoms with Crippen molar-refractivity contribution in [2.24, 2.45) is 17.4 Å². The molecule has 22 heavy (non-hydrogen) atoms. The maximum atomic E-state index is 5.77. The van der Waals surface area contributed by atoms with Crippen LogP contribution in [0.5, 0.6) is 0 Å². The lowest BCUT2D eigenvalue weighted by molar-refractivity contribution is 0.496. The van der Waals surface area contributed by atoms with Crippen molar-refractivity contribution in [3.05, 3.63) is 35.8 Å². The van der Waals surface area contributed by atoms with Crippen LogP contribution in [-0.4, -0.2) is 27.7 Å². The van der Waals surface area contributed by atoms with Crippen LogP contribution in [0.3, 0.4) is 0 Å². The van der Waals surface area contributed by atoms with Gasteiger partial charge in [0, 0.05) is 0 Å². The molecule has 118 valence electrons. The second-order valence-electron chi connectivity index (χ2n) is 6.09. The SMILES string of the molecule is NCCCCc1ccc2ncc(C3=CCC(CN)CC3)n2n1. The van der Waals surface area contributed by atoms with Gasteiger partial charge in [0.25, 0.3) is 0 Å². The zero-order valence-corrected chi connectivity index (χ0v) is 13.0. The summed E-state index contributed by atoms with van der Waals surface area (Å²) in [5.74, 6) is 0.628. The first kappa shape index (κ1) is 15.2. The summed E-state index contributed by atoms with van der Waals surface area (Å²) in [6.45, 7) is 1.52. The largest absolute Gasteiger partial charge is 0.330 e. The van der Waals surface area contributed by atoms with E-state index < -0.39 is 0 Å². The van der Waals surface area contributed by atoms with Gasteiger partial charge < -0.3 is 11.5 Å². The zero-order chi connectivity index (χ0) is 15.4. The molecule has 0 saturated carbocycles. The lowest BCUT2D eigenvalue weighted by atomic mass is 9.88. The molecule has 0 saturated heterocycles. The van der Waals surface area contributed by atoms with Gasteiger partial charge in [-0.15, -0.1) is 0 Å². The number of nitrogens with two attached hydrogens (primary N) is 2. The molecular weight excluding hydrogens is 274 g/mol. The van der Waals surface area contributed by atoms with E-state index in [1.165, 1.54) is 5.57 Å². The fourth-order valence-corrected chi connectivity index (χ4v) is 3.05. The number of nitrogens with zero attached hydrogens (tertiary/aromatic N) is 3. The summed E-state index contributed by atoms with van der Waals surface area (Å²) >= 11 is 0. The van der Waals surface area contributed by atoms with Crippen molar-refractivity contribution in [1.82, 2.24) is 14.6 Å². The summed E-state index contributed by atoms with van der Waals surface area (Å²) in [7, 11) is 0. The van der Waals surface area contributed by atoms with Gasteiger partial charge >= 0.3 is 0 Å². The summed E-state index contributed by atoms with van der Waals surface area (Å²) in [5, 5.41) is 4.77. The van der Waals surface area contributed by atoms with E-state index in [0.717, 1.165) is 68.6 Å². The molecule has 5 heteroatoms. The summed E-state index contributed by atoms with van der Waals surface area (Å²) in [6, 6.07) is 4.13. The molecule has 0 spiro atoms. The van der Waals surface area contributed by atoms with E-state index in [4.69, 9.17) is 16.6 Å². The third-order valence-corrected chi connectivity index (χ3v) is 4.49. The zero-order valence-electron chi connectivity index (χ0n) is 13.0. The van der Waals surface area contributed by atoms with E-state index in [2.05, 4.69) is 23.2 Å². The number of allylic oxidation sites excluding steroid dienone is 2.